The summed E-state index contributed by atoms with van der Waals surface area (Å²) < 4.78 is 25.9. The number of hydrogen-bond acceptors (Lipinski definition) is 4. The Morgan fingerprint density at radius 2 is 1.73 bits per heavy atom. The summed E-state index contributed by atoms with van der Waals surface area (Å²) >= 11 is 7.11. The van der Waals surface area contributed by atoms with Crippen LogP contribution in [-0.4, -0.2) is 37.2 Å². The Morgan fingerprint density at radius 1 is 0.939 bits per heavy atom. The highest BCUT2D eigenvalue weighted by Gasteiger charge is 2.28. The molecule has 49 heavy (non-hydrogen) atoms. The number of fused-ring (bicyclic) bond motifs is 8. The summed E-state index contributed by atoms with van der Waals surface area (Å²) in [5, 5.41) is 13.5. The predicted molar refractivity (Wildman–Crippen MR) is 194 cm³/mol. The van der Waals surface area contributed by atoms with Gasteiger partial charge in [0.25, 0.3) is 0 Å². The van der Waals surface area contributed by atoms with Crippen molar-refractivity contribution in [1.82, 2.24) is 24.1 Å². The first-order valence-corrected chi connectivity index (χ1v) is 17.7. The van der Waals surface area contributed by atoms with Gasteiger partial charge in [-0.1, -0.05) is 35.9 Å². The fourth-order valence-corrected chi connectivity index (χ4v) is 8.08. The van der Waals surface area contributed by atoms with Crippen molar-refractivity contribution in [3.05, 3.63) is 104 Å². The normalized spacial score (nSPS) is 14.3. The van der Waals surface area contributed by atoms with Gasteiger partial charge in [-0.2, -0.15) is 10.2 Å². The second-order valence-electron chi connectivity index (χ2n) is 13.3. The molecular formula is C40H43ClFN5O2. The van der Waals surface area contributed by atoms with Crippen LogP contribution in [0.1, 0.15) is 76.0 Å². The first-order chi connectivity index (χ1) is 23.7. The third-order valence-electron chi connectivity index (χ3n) is 10.3. The molecule has 3 aromatic carbocycles. The number of hydrogen-bond donors (Lipinski definition) is 0. The molecule has 254 valence electrons. The third-order valence-corrected chi connectivity index (χ3v) is 10.6. The van der Waals surface area contributed by atoms with Crippen molar-refractivity contribution >= 4 is 39.2 Å². The van der Waals surface area contributed by atoms with Crippen LogP contribution >= 0.6 is 11.6 Å². The molecule has 0 aliphatic carbocycles. The highest BCUT2D eigenvalue weighted by Crippen LogP contribution is 2.42. The zero-order valence-electron chi connectivity index (χ0n) is 29.0. The van der Waals surface area contributed by atoms with E-state index in [2.05, 4.69) is 47.4 Å². The minimum Gasteiger partial charge on any atom is -0.464 e. The van der Waals surface area contributed by atoms with Crippen LogP contribution in [-0.2, 0) is 57.0 Å². The van der Waals surface area contributed by atoms with Crippen molar-refractivity contribution in [2.45, 2.75) is 85.2 Å². The highest BCUT2D eigenvalue weighted by atomic mass is 35.5. The summed E-state index contributed by atoms with van der Waals surface area (Å²) in [4.78, 5) is 13.5. The summed E-state index contributed by atoms with van der Waals surface area (Å²) in [6.07, 6.45) is 6.68. The Labute approximate surface area is 291 Å². The highest BCUT2D eigenvalue weighted by molar-refractivity contribution is 6.35. The minimum absolute atomic E-state index is 0.223. The van der Waals surface area contributed by atoms with Crippen LogP contribution in [0.15, 0.2) is 48.5 Å². The number of benzene rings is 3. The molecule has 7 rings (SSSR count). The van der Waals surface area contributed by atoms with Gasteiger partial charge in [0.2, 0.25) is 0 Å². The van der Waals surface area contributed by atoms with Gasteiger partial charge in [-0.05, 0) is 129 Å². The second kappa shape index (κ2) is 13.5. The lowest BCUT2D eigenvalue weighted by Gasteiger charge is -2.15. The molecule has 0 N–H and O–H groups in total. The van der Waals surface area contributed by atoms with Gasteiger partial charge in [0.1, 0.15) is 11.5 Å². The zero-order valence-corrected chi connectivity index (χ0v) is 29.8. The molecule has 6 aromatic rings. The average Bonchev–Trinajstić information content (AvgIpc) is 3.70. The SMILES string of the molecule is CCn1c(C(=O)OC)c2c3ccc(Cl)c(c31)-c1c(C)c(C)nn1CCCc1cc(n(C)n1)CCc1cc(c3ccc(F)cc3c1)CCCC2. The standard InChI is InChI=1S/C40H43ClFN5O2/c1-6-46-38-34-17-18-35(41)36(38)37-24(2)25(3)43-47(37)19-9-11-30-23-31(45(4)44-30)15-13-26-20-27(32-16-14-29(42)22-28(32)21-26)10-7-8-12-33(34)39(46)40(48)49-5/h14,16-18,20-23H,6-13,15,19H2,1-5H3. The number of halogens is 2. The van der Waals surface area contributed by atoms with Gasteiger partial charge in [0.15, 0.2) is 0 Å². The Bertz CT molecular complexity index is 2230. The molecule has 0 atom stereocenters. The number of aromatic nitrogens is 5. The van der Waals surface area contributed by atoms with Crippen molar-refractivity contribution in [2.24, 2.45) is 7.05 Å². The van der Waals surface area contributed by atoms with Crippen LogP contribution in [0, 0.1) is 19.7 Å². The average molecular weight is 680 g/mol. The first-order valence-electron chi connectivity index (χ1n) is 17.4. The van der Waals surface area contributed by atoms with Crippen molar-refractivity contribution in [2.75, 3.05) is 7.11 Å². The van der Waals surface area contributed by atoms with E-state index in [-0.39, 0.29) is 11.8 Å². The Kier molecular flexibility index (Phi) is 9.09. The first kappa shape index (κ1) is 33.1. The van der Waals surface area contributed by atoms with E-state index in [1.165, 1.54) is 23.9 Å². The molecule has 0 radical (unpaired) electrons. The summed E-state index contributed by atoms with van der Waals surface area (Å²) in [6, 6.07) is 15.7. The number of esters is 1. The summed E-state index contributed by atoms with van der Waals surface area (Å²) in [5.74, 6) is -0.569. The summed E-state index contributed by atoms with van der Waals surface area (Å²) in [7, 11) is 3.46. The molecule has 0 spiro atoms. The van der Waals surface area contributed by atoms with E-state index < -0.39 is 0 Å². The maximum Gasteiger partial charge on any atom is 0.354 e. The molecule has 0 saturated carbocycles. The van der Waals surface area contributed by atoms with Gasteiger partial charge in [0, 0.05) is 36.8 Å². The monoisotopic (exact) mass is 679 g/mol. The van der Waals surface area contributed by atoms with Gasteiger partial charge in [-0.25, -0.2) is 9.18 Å². The third kappa shape index (κ3) is 6.05. The number of carbonyl (C=O) groups excluding carboxylic acids is 1. The fraction of sp³-hybridized carbons (Fsp3) is 0.375. The number of nitrogens with zero attached hydrogens (tertiary/aromatic N) is 5. The molecule has 8 bridgehead atoms. The molecule has 4 heterocycles. The number of ether oxygens (including phenoxy) is 1. The van der Waals surface area contributed by atoms with Crippen LogP contribution in [0.2, 0.25) is 5.02 Å². The molecule has 7 nitrogen and oxygen atoms in total. The van der Waals surface area contributed by atoms with Gasteiger partial charge < -0.3 is 9.30 Å². The Hall–Kier alpha value is -4.43. The van der Waals surface area contributed by atoms with E-state index in [0.29, 0.717) is 30.2 Å². The Morgan fingerprint density at radius 3 is 2.53 bits per heavy atom. The van der Waals surface area contributed by atoms with Crippen LogP contribution in [0.3, 0.4) is 0 Å². The fourth-order valence-electron chi connectivity index (χ4n) is 7.83. The predicted octanol–water partition coefficient (Wildman–Crippen LogP) is 8.90. The number of methoxy groups -OCH3 is 1. The van der Waals surface area contributed by atoms with E-state index in [4.69, 9.17) is 26.5 Å². The summed E-state index contributed by atoms with van der Waals surface area (Å²) in [6.45, 7) is 7.48. The van der Waals surface area contributed by atoms with E-state index in [1.807, 2.05) is 30.8 Å². The van der Waals surface area contributed by atoms with E-state index in [1.54, 1.807) is 12.1 Å². The van der Waals surface area contributed by atoms with Gasteiger partial charge in [-0.15, -0.1) is 0 Å². The Balaban J connectivity index is 1.38. The van der Waals surface area contributed by atoms with E-state index >= 15 is 0 Å². The molecule has 0 saturated heterocycles. The minimum atomic E-state index is -0.346. The van der Waals surface area contributed by atoms with E-state index in [9.17, 15) is 9.18 Å². The van der Waals surface area contributed by atoms with Crippen molar-refractivity contribution < 1.29 is 13.9 Å². The molecular weight excluding hydrogens is 637 g/mol. The quantitative estimate of drug-likeness (QED) is 0.172. The lowest BCUT2D eigenvalue weighted by atomic mass is 9.94. The lowest BCUT2D eigenvalue weighted by Crippen LogP contribution is -2.12. The number of aryl methyl sites for hydroxylation is 9. The van der Waals surface area contributed by atoms with Crippen molar-refractivity contribution in [1.29, 1.82) is 0 Å². The molecule has 1 aliphatic rings. The molecule has 3 aromatic heterocycles. The van der Waals surface area contributed by atoms with Crippen LogP contribution < -0.4 is 0 Å². The zero-order chi connectivity index (χ0) is 34.4. The second-order valence-corrected chi connectivity index (χ2v) is 13.8. The van der Waals surface area contributed by atoms with Gasteiger partial charge in [-0.3, -0.25) is 9.36 Å². The van der Waals surface area contributed by atoms with Gasteiger partial charge >= 0.3 is 5.97 Å². The van der Waals surface area contributed by atoms with Crippen molar-refractivity contribution in [3.63, 3.8) is 0 Å². The molecule has 0 fully saturated rings. The number of carbonyl (C=O) groups is 1. The maximum atomic E-state index is 14.4. The molecule has 9 heteroatoms. The largest absolute Gasteiger partial charge is 0.464 e. The van der Waals surface area contributed by atoms with Gasteiger partial charge in [0.05, 0.1) is 34.7 Å². The van der Waals surface area contributed by atoms with E-state index in [0.717, 1.165) is 100 Å². The number of rotatable bonds is 2. The molecule has 0 unspecified atom stereocenters. The smallest absolute Gasteiger partial charge is 0.354 e. The van der Waals surface area contributed by atoms with Crippen LogP contribution in [0.5, 0.6) is 0 Å². The lowest BCUT2D eigenvalue weighted by molar-refractivity contribution is 0.0588. The topological polar surface area (TPSA) is 66.9 Å². The molecule has 0 amide bonds. The van der Waals surface area contributed by atoms with Crippen molar-refractivity contribution in [3.8, 4) is 11.3 Å². The maximum absolute atomic E-state index is 14.4. The van der Waals surface area contributed by atoms with Crippen LogP contribution in [0.4, 0.5) is 4.39 Å². The summed E-state index contributed by atoms with van der Waals surface area (Å²) in [5.41, 5.74) is 11.1. The molecule has 1 aliphatic heterocycles. The van der Waals surface area contributed by atoms with Crippen LogP contribution in [0.25, 0.3) is 32.9 Å².